The zero-order chi connectivity index (χ0) is 17.8. The van der Waals surface area contributed by atoms with Crippen molar-refractivity contribution in [1.29, 1.82) is 0 Å². The summed E-state index contributed by atoms with van der Waals surface area (Å²) in [7, 11) is 0. The summed E-state index contributed by atoms with van der Waals surface area (Å²) in [6.07, 6.45) is 0. The topological polar surface area (TPSA) is 26.3 Å². The lowest BCUT2D eigenvalue weighted by Crippen LogP contribution is -2.00. The number of carbonyl (C=O) groups excluding carboxylic acids is 1. The van der Waals surface area contributed by atoms with Crippen molar-refractivity contribution in [2.75, 3.05) is 5.33 Å². The number of benzene rings is 3. The lowest BCUT2D eigenvalue weighted by atomic mass is 10.0. The van der Waals surface area contributed by atoms with Gasteiger partial charge in [-0.15, -0.1) is 0 Å². The largest absolute Gasteiger partial charge is 0.457 e. The smallest absolute Gasteiger partial charge is 0.174 e. The minimum absolute atomic E-state index is 0.0386. The maximum Gasteiger partial charge on any atom is 0.174 e. The Bertz CT molecular complexity index is 891. The van der Waals surface area contributed by atoms with E-state index in [-0.39, 0.29) is 11.1 Å². The molecular weight excluding hydrogens is 423 g/mol. The second kappa shape index (κ2) is 8.05. The van der Waals surface area contributed by atoms with Gasteiger partial charge in [-0.2, -0.15) is 0 Å². The number of hydrogen-bond donors (Lipinski definition) is 0. The fourth-order valence-electron chi connectivity index (χ4n) is 2.35. The van der Waals surface area contributed by atoms with Crippen molar-refractivity contribution in [3.8, 4) is 22.6 Å². The Labute approximate surface area is 164 Å². The first-order chi connectivity index (χ1) is 12.1. The molecule has 0 amide bonds. The molecule has 0 atom stereocenters. The van der Waals surface area contributed by atoms with Crippen LogP contribution in [0.25, 0.3) is 11.1 Å². The molecule has 25 heavy (non-hydrogen) atoms. The highest BCUT2D eigenvalue weighted by Gasteiger charge is 2.10. The van der Waals surface area contributed by atoms with Crippen LogP contribution in [0.4, 0.5) is 0 Å². The van der Waals surface area contributed by atoms with Gasteiger partial charge < -0.3 is 4.74 Å². The van der Waals surface area contributed by atoms with E-state index in [1.165, 1.54) is 0 Å². The van der Waals surface area contributed by atoms with Crippen molar-refractivity contribution >= 4 is 44.9 Å². The first kappa shape index (κ1) is 18.0. The van der Waals surface area contributed by atoms with Crippen LogP contribution in [-0.4, -0.2) is 11.1 Å². The van der Waals surface area contributed by atoms with E-state index < -0.39 is 0 Å². The van der Waals surface area contributed by atoms with Gasteiger partial charge in [-0.05, 0) is 59.7 Å². The Kier molecular flexibility index (Phi) is 5.79. The second-order valence-electron chi connectivity index (χ2n) is 5.33. The molecule has 0 spiro atoms. The molecule has 2 nitrogen and oxygen atoms in total. The van der Waals surface area contributed by atoms with Crippen LogP contribution in [0.2, 0.25) is 10.0 Å². The molecule has 3 aromatic carbocycles. The number of ketones is 1. The number of Topliss-reactive ketones (excluding diaryl/α,β-unsaturated/α-hetero) is 1. The van der Waals surface area contributed by atoms with Gasteiger partial charge in [0, 0.05) is 10.6 Å². The molecule has 126 valence electrons. The van der Waals surface area contributed by atoms with E-state index in [1.807, 2.05) is 42.5 Å². The van der Waals surface area contributed by atoms with Crippen LogP contribution < -0.4 is 4.74 Å². The fourth-order valence-corrected chi connectivity index (χ4v) is 3.06. The van der Waals surface area contributed by atoms with Crippen LogP contribution in [0, 0.1) is 0 Å². The summed E-state index contributed by atoms with van der Waals surface area (Å²) in [5.41, 5.74) is 2.45. The molecule has 0 aromatic heterocycles. The summed E-state index contributed by atoms with van der Waals surface area (Å²) < 4.78 is 5.78. The Hall–Kier alpha value is -1.81. The summed E-state index contributed by atoms with van der Waals surface area (Å²) in [5, 5.41) is 1.37. The molecule has 0 radical (unpaired) electrons. The van der Waals surface area contributed by atoms with E-state index in [9.17, 15) is 4.79 Å². The predicted octanol–water partition coefficient (Wildman–Crippen LogP) is 7.03. The summed E-state index contributed by atoms with van der Waals surface area (Å²) in [4.78, 5) is 11.8. The van der Waals surface area contributed by atoms with Crippen LogP contribution in [0.3, 0.4) is 0 Å². The molecule has 0 unspecified atom stereocenters. The highest BCUT2D eigenvalue weighted by Crippen LogP contribution is 2.29. The van der Waals surface area contributed by atoms with Gasteiger partial charge in [0.2, 0.25) is 0 Å². The molecule has 3 aromatic rings. The van der Waals surface area contributed by atoms with Gasteiger partial charge >= 0.3 is 0 Å². The third kappa shape index (κ3) is 4.43. The second-order valence-corrected chi connectivity index (χ2v) is 6.74. The molecule has 0 fully saturated rings. The SMILES string of the molecule is O=C(CBr)c1ccc(-c2ccc(Oc3ccc(Cl)cc3)cc2)cc1Cl. The van der Waals surface area contributed by atoms with Gasteiger partial charge in [-0.3, -0.25) is 4.79 Å². The molecular formula is C20H13BrCl2O2. The van der Waals surface area contributed by atoms with E-state index in [0.29, 0.717) is 15.6 Å². The molecule has 3 rings (SSSR count). The molecule has 0 bridgehead atoms. The van der Waals surface area contributed by atoms with E-state index in [2.05, 4.69) is 15.9 Å². The number of hydrogen-bond acceptors (Lipinski definition) is 2. The van der Waals surface area contributed by atoms with Crippen molar-refractivity contribution in [3.63, 3.8) is 0 Å². The molecule has 0 aliphatic carbocycles. The molecule has 0 aliphatic heterocycles. The number of rotatable bonds is 5. The maximum absolute atomic E-state index is 11.8. The molecule has 0 saturated carbocycles. The van der Waals surface area contributed by atoms with Gasteiger partial charge in [0.05, 0.1) is 10.4 Å². The minimum Gasteiger partial charge on any atom is -0.457 e. The number of alkyl halides is 1. The summed E-state index contributed by atoms with van der Waals surface area (Å²) in [6.45, 7) is 0. The van der Waals surface area contributed by atoms with Crippen LogP contribution in [0.1, 0.15) is 10.4 Å². The van der Waals surface area contributed by atoms with E-state index in [1.54, 1.807) is 24.3 Å². The first-order valence-corrected chi connectivity index (χ1v) is 9.37. The van der Waals surface area contributed by atoms with Gasteiger partial charge in [-0.1, -0.05) is 57.3 Å². The Morgan fingerprint density at radius 1 is 0.840 bits per heavy atom. The average molecular weight is 436 g/mol. The average Bonchev–Trinajstić information content (AvgIpc) is 2.63. The number of ether oxygens (including phenoxy) is 1. The molecule has 0 N–H and O–H groups in total. The molecule has 0 saturated heterocycles. The monoisotopic (exact) mass is 434 g/mol. The summed E-state index contributed by atoms with van der Waals surface area (Å²) in [5.74, 6) is 1.41. The normalized spacial score (nSPS) is 10.5. The Balaban J connectivity index is 1.79. The summed E-state index contributed by atoms with van der Waals surface area (Å²) >= 11 is 15.3. The van der Waals surface area contributed by atoms with Gasteiger partial charge in [-0.25, -0.2) is 0 Å². The van der Waals surface area contributed by atoms with Crippen molar-refractivity contribution < 1.29 is 9.53 Å². The molecule has 5 heteroatoms. The van der Waals surface area contributed by atoms with Crippen LogP contribution in [0.5, 0.6) is 11.5 Å². The summed E-state index contributed by atoms with van der Waals surface area (Å²) in [6, 6.07) is 20.3. The Morgan fingerprint density at radius 2 is 1.40 bits per heavy atom. The van der Waals surface area contributed by atoms with Gasteiger partial charge in [0.15, 0.2) is 5.78 Å². The first-order valence-electron chi connectivity index (χ1n) is 7.49. The lowest BCUT2D eigenvalue weighted by Gasteiger charge is -2.08. The minimum atomic E-state index is -0.0386. The van der Waals surface area contributed by atoms with Crippen molar-refractivity contribution in [2.24, 2.45) is 0 Å². The molecule has 0 heterocycles. The Morgan fingerprint density at radius 3 is 1.96 bits per heavy atom. The standard InChI is InChI=1S/C20H13BrCl2O2/c21-12-20(24)18-10-3-14(11-19(18)23)13-1-6-16(7-2-13)25-17-8-4-15(22)5-9-17/h1-11H,12H2. The van der Waals surface area contributed by atoms with Crippen LogP contribution in [0.15, 0.2) is 66.7 Å². The zero-order valence-corrected chi connectivity index (χ0v) is 16.1. The highest BCUT2D eigenvalue weighted by atomic mass is 79.9. The third-order valence-electron chi connectivity index (χ3n) is 3.63. The zero-order valence-electron chi connectivity index (χ0n) is 13.0. The van der Waals surface area contributed by atoms with E-state index in [4.69, 9.17) is 27.9 Å². The lowest BCUT2D eigenvalue weighted by molar-refractivity contribution is 0.102. The van der Waals surface area contributed by atoms with Crippen molar-refractivity contribution in [3.05, 3.63) is 82.3 Å². The number of halogens is 3. The van der Waals surface area contributed by atoms with Gasteiger partial charge in [0.25, 0.3) is 0 Å². The van der Waals surface area contributed by atoms with Crippen LogP contribution in [-0.2, 0) is 0 Å². The number of carbonyl (C=O) groups is 1. The van der Waals surface area contributed by atoms with Gasteiger partial charge in [0.1, 0.15) is 11.5 Å². The maximum atomic E-state index is 11.8. The molecule has 0 aliphatic rings. The van der Waals surface area contributed by atoms with Crippen molar-refractivity contribution in [2.45, 2.75) is 0 Å². The van der Waals surface area contributed by atoms with Crippen LogP contribution >= 0.6 is 39.1 Å². The third-order valence-corrected chi connectivity index (χ3v) is 4.70. The van der Waals surface area contributed by atoms with E-state index >= 15 is 0 Å². The quantitative estimate of drug-likeness (QED) is 0.317. The van der Waals surface area contributed by atoms with E-state index in [0.717, 1.165) is 22.6 Å². The fraction of sp³-hybridized carbons (Fsp3) is 0.0500. The predicted molar refractivity (Wildman–Crippen MR) is 107 cm³/mol. The highest BCUT2D eigenvalue weighted by molar-refractivity contribution is 9.09. The van der Waals surface area contributed by atoms with Crippen molar-refractivity contribution in [1.82, 2.24) is 0 Å².